The minimum atomic E-state index is 0.777. The van der Waals surface area contributed by atoms with Crippen molar-refractivity contribution in [2.75, 3.05) is 6.61 Å². The lowest BCUT2D eigenvalue weighted by molar-refractivity contribution is 0.318. The van der Waals surface area contributed by atoms with Gasteiger partial charge in [-0.1, -0.05) is 13.0 Å². The van der Waals surface area contributed by atoms with E-state index in [1.165, 1.54) is 10.9 Å². The third-order valence-electron chi connectivity index (χ3n) is 2.54. The monoisotopic (exact) mass is 215 g/mol. The van der Waals surface area contributed by atoms with E-state index in [-0.39, 0.29) is 0 Å². The Morgan fingerprint density at radius 1 is 1.38 bits per heavy atom. The molecule has 0 saturated carbocycles. The van der Waals surface area contributed by atoms with E-state index in [9.17, 15) is 0 Å². The second kappa shape index (κ2) is 4.88. The van der Waals surface area contributed by atoms with E-state index in [0.29, 0.717) is 0 Å². The second-order valence-corrected chi connectivity index (χ2v) is 3.83. The lowest BCUT2D eigenvalue weighted by Gasteiger charge is -2.05. The maximum atomic E-state index is 5.60. The van der Waals surface area contributed by atoms with Gasteiger partial charge in [0.2, 0.25) is 0 Å². The summed E-state index contributed by atoms with van der Waals surface area (Å²) in [4.78, 5) is 0. The van der Waals surface area contributed by atoms with Crippen LogP contribution >= 0.6 is 0 Å². The Labute approximate surface area is 96.1 Å². The number of benzene rings is 1. The van der Waals surface area contributed by atoms with Crippen molar-refractivity contribution < 1.29 is 4.74 Å². The van der Waals surface area contributed by atoms with E-state index in [4.69, 9.17) is 4.74 Å². The van der Waals surface area contributed by atoms with Crippen LogP contribution in [0, 0.1) is 0 Å². The molecule has 0 radical (unpaired) electrons. The van der Waals surface area contributed by atoms with Crippen molar-refractivity contribution in [2.45, 2.75) is 19.9 Å². The van der Waals surface area contributed by atoms with Crippen molar-refractivity contribution in [3.05, 3.63) is 43.1 Å². The van der Waals surface area contributed by atoms with Crippen LogP contribution in [0.5, 0.6) is 5.75 Å². The van der Waals surface area contributed by atoms with Crippen LogP contribution in [-0.4, -0.2) is 11.2 Å². The third-order valence-corrected chi connectivity index (χ3v) is 2.54. The predicted molar refractivity (Wildman–Crippen MR) is 67.9 cm³/mol. The average molecular weight is 215 g/mol. The first-order valence-electron chi connectivity index (χ1n) is 5.67. The summed E-state index contributed by atoms with van der Waals surface area (Å²) in [7, 11) is 0. The SMILES string of the molecule is C=CCn1ccc2cc(OCCC)ccc21. The highest BCUT2D eigenvalue weighted by atomic mass is 16.5. The first-order chi connectivity index (χ1) is 7.85. The van der Waals surface area contributed by atoms with E-state index in [1.54, 1.807) is 0 Å². The fourth-order valence-electron chi connectivity index (χ4n) is 1.79. The second-order valence-electron chi connectivity index (χ2n) is 3.83. The zero-order chi connectivity index (χ0) is 11.4. The first kappa shape index (κ1) is 10.8. The molecule has 0 fully saturated rings. The van der Waals surface area contributed by atoms with Crippen molar-refractivity contribution in [3.63, 3.8) is 0 Å². The van der Waals surface area contributed by atoms with Crippen LogP contribution in [0.25, 0.3) is 10.9 Å². The fourth-order valence-corrected chi connectivity index (χ4v) is 1.79. The Bertz CT molecular complexity index is 484. The Morgan fingerprint density at radius 2 is 2.25 bits per heavy atom. The van der Waals surface area contributed by atoms with Crippen LogP contribution in [0.3, 0.4) is 0 Å². The molecule has 0 amide bonds. The Hall–Kier alpha value is -1.70. The Morgan fingerprint density at radius 3 is 3.00 bits per heavy atom. The summed E-state index contributed by atoms with van der Waals surface area (Å²) < 4.78 is 7.78. The van der Waals surface area contributed by atoms with Gasteiger partial charge in [0.05, 0.1) is 6.61 Å². The zero-order valence-corrected chi connectivity index (χ0v) is 9.65. The number of nitrogens with zero attached hydrogens (tertiary/aromatic N) is 1. The maximum absolute atomic E-state index is 5.60. The molecule has 0 saturated heterocycles. The van der Waals surface area contributed by atoms with Gasteiger partial charge in [0.1, 0.15) is 5.75 Å². The van der Waals surface area contributed by atoms with Crippen molar-refractivity contribution in [3.8, 4) is 5.75 Å². The molecule has 16 heavy (non-hydrogen) atoms. The summed E-state index contributed by atoms with van der Waals surface area (Å²) in [5, 5.41) is 1.22. The van der Waals surface area contributed by atoms with Crippen molar-refractivity contribution >= 4 is 10.9 Å². The zero-order valence-electron chi connectivity index (χ0n) is 9.65. The Kier molecular flexibility index (Phi) is 3.30. The first-order valence-corrected chi connectivity index (χ1v) is 5.67. The summed E-state index contributed by atoms with van der Waals surface area (Å²) in [6.45, 7) is 7.49. The molecule has 0 spiro atoms. The van der Waals surface area contributed by atoms with E-state index >= 15 is 0 Å². The van der Waals surface area contributed by atoms with Gasteiger partial charge in [0.25, 0.3) is 0 Å². The molecule has 1 heterocycles. The fraction of sp³-hybridized carbons (Fsp3) is 0.286. The van der Waals surface area contributed by atoms with Crippen LogP contribution in [-0.2, 0) is 6.54 Å². The molecular weight excluding hydrogens is 198 g/mol. The molecule has 2 nitrogen and oxygen atoms in total. The molecule has 0 aliphatic carbocycles. The van der Waals surface area contributed by atoms with Gasteiger partial charge in [-0.3, -0.25) is 0 Å². The minimum absolute atomic E-state index is 0.777. The summed E-state index contributed by atoms with van der Waals surface area (Å²) in [6.07, 6.45) is 5.02. The average Bonchev–Trinajstić information content (AvgIpc) is 2.70. The molecule has 0 aliphatic heterocycles. The van der Waals surface area contributed by atoms with E-state index in [1.807, 2.05) is 12.1 Å². The van der Waals surface area contributed by atoms with Gasteiger partial charge < -0.3 is 9.30 Å². The molecule has 0 aliphatic rings. The number of allylic oxidation sites excluding steroid dienone is 1. The van der Waals surface area contributed by atoms with Crippen molar-refractivity contribution in [1.29, 1.82) is 0 Å². The smallest absolute Gasteiger partial charge is 0.120 e. The van der Waals surface area contributed by atoms with Crippen LogP contribution in [0.1, 0.15) is 13.3 Å². The number of aromatic nitrogens is 1. The molecular formula is C14H17NO. The molecule has 0 atom stereocenters. The number of rotatable bonds is 5. The van der Waals surface area contributed by atoms with Gasteiger partial charge >= 0.3 is 0 Å². The molecule has 1 aromatic carbocycles. The van der Waals surface area contributed by atoms with Crippen LogP contribution < -0.4 is 4.74 Å². The van der Waals surface area contributed by atoms with Gasteiger partial charge in [0.15, 0.2) is 0 Å². The van der Waals surface area contributed by atoms with Crippen LogP contribution in [0.2, 0.25) is 0 Å². The minimum Gasteiger partial charge on any atom is -0.494 e. The maximum Gasteiger partial charge on any atom is 0.120 e. The number of hydrogen-bond acceptors (Lipinski definition) is 1. The van der Waals surface area contributed by atoms with Gasteiger partial charge in [-0.25, -0.2) is 0 Å². The quantitative estimate of drug-likeness (QED) is 0.695. The van der Waals surface area contributed by atoms with E-state index in [0.717, 1.165) is 25.3 Å². The number of hydrogen-bond donors (Lipinski definition) is 0. The highest BCUT2D eigenvalue weighted by Crippen LogP contribution is 2.22. The predicted octanol–water partition coefficient (Wildman–Crippen LogP) is 3.62. The normalized spacial score (nSPS) is 10.6. The van der Waals surface area contributed by atoms with Gasteiger partial charge in [-0.15, -0.1) is 6.58 Å². The number of ether oxygens (including phenoxy) is 1. The van der Waals surface area contributed by atoms with Gasteiger partial charge in [0, 0.05) is 23.6 Å². The lowest BCUT2D eigenvalue weighted by atomic mass is 10.2. The van der Waals surface area contributed by atoms with Crippen molar-refractivity contribution in [1.82, 2.24) is 4.57 Å². The summed E-state index contributed by atoms with van der Waals surface area (Å²) in [5.74, 6) is 0.950. The highest BCUT2D eigenvalue weighted by molar-refractivity contribution is 5.81. The molecule has 2 aromatic rings. The topological polar surface area (TPSA) is 14.2 Å². The molecule has 0 N–H and O–H groups in total. The van der Waals surface area contributed by atoms with Crippen molar-refractivity contribution in [2.24, 2.45) is 0 Å². The Balaban J connectivity index is 2.29. The highest BCUT2D eigenvalue weighted by Gasteiger charge is 2.01. The molecule has 84 valence electrons. The van der Waals surface area contributed by atoms with Crippen LogP contribution in [0.4, 0.5) is 0 Å². The van der Waals surface area contributed by atoms with Gasteiger partial charge in [-0.05, 0) is 30.7 Å². The summed E-state index contributed by atoms with van der Waals surface area (Å²) in [5.41, 5.74) is 1.23. The lowest BCUT2D eigenvalue weighted by Crippen LogP contribution is -1.95. The van der Waals surface area contributed by atoms with Gasteiger partial charge in [-0.2, -0.15) is 0 Å². The molecule has 0 unspecified atom stereocenters. The summed E-state index contributed by atoms with van der Waals surface area (Å²) in [6, 6.07) is 8.32. The van der Waals surface area contributed by atoms with E-state index < -0.39 is 0 Å². The number of fused-ring (bicyclic) bond motifs is 1. The molecule has 2 heteroatoms. The van der Waals surface area contributed by atoms with Crippen LogP contribution in [0.15, 0.2) is 43.1 Å². The third kappa shape index (κ3) is 2.11. The van der Waals surface area contributed by atoms with E-state index in [2.05, 4.69) is 42.5 Å². The molecule has 1 aromatic heterocycles. The molecule has 2 rings (SSSR count). The summed E-state index contributed by atoms with van der Waals surface area (Å²) >= 11 is 0. The molecule has 0 bridgehead atoms. The largest absolute Gasteiger partial charge is 0.494 e. The standard InChI is InChI=1S/C14H17NO/c1-3-8-15-9-7-12-11-13(16-10-4-2)5-6-14(12)15/h3,5-7,9,11H,1,4,8,10H2,2H3.